The molecule has 88 valence electrons. The van der Waals surface area contributed by atoms with Crippen LogP contribution in [0.25, 0.3) is 0 Å². The third-order valence-corrected chi connectivity index (χ3v) is 3.69. The van der Waals surface area contributed by atoms with Crippen LogP contribution in [0, 0.1) is 0 Å². The van der Waals surface area contributed by atoms with Crippen molar-refractivity contribution in [3.05, 3.63) is 33.8 Å². The van der Waals surface area contributed by atoms with Gasteiger partial charge in [-0.25, -0.2) is 0 Å². The van der Waals surface area contributed by atoms with E-state index in [-0.39, 0.29) is 12.1 Å². The summed E-state index contributed by atoms with van der Waals surface area (Å²) in [7, 11) is 0. The molecule has 4 heteroatoms. The van der Waals surface area contributed by atoms with E-state index in [1.54, 1.807) is 6.07 Å². The molecule has 0 heterocycles. The predicted molar refractivity (Wildman–Crippen MR) is 66.9 cm³/mol. The van der Waals surface area contributed by atoms with Gasteiger partial charge >= 0.3 is 0 Å². The molecule has 0 saturated heterocycles. The van der Waals surface area contributed by atoms with Crippen molar-refractivity contribution in [1.29, 1.82) is 0 Å². The van der Waals surface area contributed by atoms with Crippen LogP contribution < -0.4 is 5.73 Å². The lowest BCUT2D eigenvalue weighted by atomic mass is 10.2. The number of nitrogens with two attached hydrogens (primary N) is 1. The maximum Gasteiger partial charge on any atom is 0.0730 e. The second kappa shape index (κ2) is 5.37. The van der Waals surface area contributed by atoms with E-state index >= 15 is 0 Å². The Kier molecular flexibility index (Phi) is 4.09. The Balaban J connectivity index is 1.91. The summed E-state index contributed by atoms with van der Waals surface area (Å²) in [5.74, 6) is 0. The minimum absolute atomic E-state index is 0.183. The molecule has 2 atom stereocenters. The summed E-state index contributed by atoms with van der Waals surface area (Å²) in [6.45, 7) is 0.551. The van der Waals surface area contributed by atoms with Gasteiger partial charge in [-0.05, 0) is 37.0 Å². The standard InChI is InChI=1S/C12H15Cl2NO/c13-9-5-4-8(6-10(9)14)7-16-12-3-1-2-11(12)15/h4-6,11-12H,1-3,7,15H2. The Morgan fingerprint density at radius 2 is 2.06 bits per heavy atom. The lowest BCUT2D eigenvalue weighted by molar-refractivity contribution is 0.0357. The van der Waals surface area contributed by atoms with E-state index < -0.39 is 0 Å². The second-order valence-electron chi connectivity index (χ2n) is 4.19. The van der Waals surface area contributed by atoms with Crippen LogP contribution in [0.2, 0.25) is 10.0 Å². The molecule has 1 fully saturated rings. The Labute approximate surface area is 106 Å². The highest BCUT2D eigenvalue weighted by Gasteiger charge is 2.24. The molecule has 0 radical (unpaired) electrons. The van der Waals surface area contributed by atoms with Crippen molar-refractivity contribution >= 4 is 23.2 Å². The third kappa shape index (κ3) is 2.89. The molecule has 2 unspecified atom stereocenters. The molecule has 1 aromatic carbocycles. The molecule has 0 amide bonds. The van der Waals surface area contributed by atoms with Gasteiger partial charge in [0, 0.05) is 6.04 Å². The fourth-order valence-corrected chi connectivity index (χ4v) is 2.32. The summed E-state index contributed by atoms with van der Waals surface area (Å²) >= 11 is 11.8. The van der Waals surface area contributed by atoms with E-state index in [4.69, 9.17) is 33.7 Å². The first-order chi connectivity index (χ1) is 7.66. The van der Waals surface area contributed by atoms with E-state index in [1.807, 2.05) is 12.1 Å². The van der Waals surface area contributed by atoms with Gasteiger partial charge in [-0.2, -0.15) is 0 Å². The highest BCUT2D eigenvalue weighted by Crippen LogP contribution is 2.25. The van der Waals surface area contributed by atoms with Crippen LogP contribution in [0.15, 0.2) is 18.2 Å². The van der Waals surface area contributed by atoms with E-state index in [1.165, 1.54) is 0 Å². The van der Waals surface area contributed by atoms with Gasteiger partial charge in [0.2, 0.25) is 0 Å². The number of halogens is 2. The summed E-state index contributed by atoms with van der Waals surface area (Å²) in [5.41, 5.74) is 6.96. The first-order valence-electron chi connectivity index (χ1n) is 5.48. The van der Waals surface area contributed by atoms with Crippen molar-refractivity contribution in [2.45, 2.75) is 38.0 Å². The van der Waals surface area contributed by atoms with Crippen LogP contribution in [-0.2, 0) is 11.3 Å². The van der Waals surface area contributed by atoms with Crippen molar-refractivity contribution < 1.29 is 4.74 Å². The number of hydrogen-bond acceptors (Lipinski definition) is 2. The van der Waals surface area contributed by atoms with Crippen molar-refractivity contribution in [2.75, 3.05) is 0 Å². The van der Waals surface area contributed by atoms with E-state index in [0.29, 0.717) is 16.7 Å². The Hall–Kier alpha value is -0.280. The van der Waals surface area contributed by atoms with E-state index in [9.17, 15) is 0 Å². The molecule has 1 saturated carbocycles. The van der Waals surface area contributed by atoms with E-state index in [2.05, 4.69) is 0 Å². The minimum Gasteiger partial charge on any atom is -0.372 e. The molecule has 0 aliphatic heterocycles. The fourth-order valence-electron chi connectivity index (χ4n) is 1.99. The van der Waals surface area contributed by atoms with E-state index in [0.717, 1.165) is 24.8 Å². The number of rotatable bonds is 3. The van der Waals surface area contributed by atoms with Crippen molar-refractivity contribution in [3.8, 4) is 0 Å². The SMILES string of the molecule is NC1CCCC1OCc1ccc(Cl)c(Cl)c1. The highest BCUT2D eigenvalue weighted by atomic mass is 35.5. The van der Waals surface area contributed by atoms with Gasteiger partial charge in [0.25, 0.3) is 0 Å². The summed E-state index contributed by atoms with van der Waals surface area (Å²) < 4.78 is 5.77. The van der Waals surface area contributed by atoms with Crippen LogP contribution in [0.5, 0.6) is 0 Å². The Morgan fingerprint density at radius 1 is 1.25 bits per heavy atom. The molecule has 1 aromatic rings. The molecule has 1 aliphatic carbocycles. The molecule has 2 N–H and O–H groups in total. The summed E-state index contributed by atoms with van der Waals surface area (Å²) in [4.78, 5) is 0. The minimum atomic E-state index is 0.183. The lowest BCUT2D eigenvalue weighted by Crippen LogP contribution is -2.31. The first kappa shape index (κ1) is 12.2. The van der Waals surface area contributed by atoms with Crippen LogP contribution in [0.1, 0.15) is 24.8 Å². The number of ether oxygens (including phenoxy) is 1. The summed E-state index contributed by atoms with van der Waals surface area (Å²) in [6, 6.07) is 5.73. The van der Waals surface area contributed by atoms with Gasteiger partial charge in [-0.15, -0.1) is 0 Å². The highest BCUT2D eigenvalue weighted by molar-refractivity contribution is 6.41. The quantitative estimate of drug-likeness (QED) is 0.904. The van der Waals surface area contributed by atoms with Gasteiger partial charge in [-0.3, -0.25) is 0 Å². The zero-order valence-electron chi connectivity index (χ0n) is 8.96. The topological polar surface area (TPSA) is 35.2 Å². The average molecular weight is 260 g/mol. The van der Waals surface area contributed by atoms with Gasteiger partial charge < -0.3 is 10.5 Å². The molecule has 0 spiro atoms. The Bertz CT molecular complexity index is 370. The van der Waals surface area contributed by atoms with Crippen molar-refractivity contribution in [1.82, 2.24) is 0 Å². The van der Waals surface area contributed by atoms with Crippen LogP contribution in [-0.4, -0.2) is 12.1 Å². The summed E-state index contributed by atoms with van der Waals surface area (Å²) in [6.07, 6.45) is 3.47. The van der Waals surface area contributed by atoms with Gasteiger partial charge in [0.1, 0.15) is 0 Å². The first-order valence-corrected chi connectivity index (χ1v) is 6.23. The zero-order chi connectivity index (χ0) is 11.5. The average Bonchev–Trinajstić information content (AvgIpc) is 2.66. The van der Waals surface area contributed by atoms with Gasteiger partial charge in [0.15, 0.2) is 0 Å². The second-order valence-corrected chi connectivity index (χ2v) is 5.01. The van der Waals surface area contributed by atoms with Gasteiger partial charge in [0.05, 0.1) is 22.8 Å². The zero-order valence-corrected chi connectivity index (χ0v) is 10.5. The monoisotopic (exact) mass is 259 g/mol. The smallest absolute Gasteiger partial charge is 0.0730 e. The largest absolute Gasteiger partial charge is 0.372 e. The molecule has 1 aliphatic rings. The van der Waals surface area contributed by atoms with Crippen LogP contribution >= 0.6 is 23.2 Å². The Morgan fingerprint density at radius 3 is 2.69 bits per heavy atom. The van der Waals surface area contributed by atoms with Crippen LogP contribution in [0.4, 0.5) is 0 Å². The third-order valence-electron chi connectivity index (χ3n) is 2.95. The fraction of sp³-hybridized carbons (Fsp3) is 0.500. The maximum atomic E-state index is 5.93. The molecule has 2 nitrogen and oxygen atoms in total. The molecule has 0 bridgehead atoms. The normalized spacial score (nSPS) is 24.9. The summed E-state index contributed by atoms with van der Waals surface area (Å²) in [5, 5.41) is 1.14. The predicted octanol–water partition coefficient (Wildman–Crippen LogP) is 3.39. The van der Waals surface area contributed by atoms with Crippen molar-refractivity contribution in [3.63, 3.8) is 0 Å². The molecule has 2 rings (SSSR count). The molecule has 0 aromatic heterocycles. The van der Waals surface area contributed by atoms with Crippen molar-refractivity contribution in [2.24, 2.45) is 5.73 Å². The van der Waals surface area contributed by atoms with Gasteiger partial charge in [-0.1, -0.05) is 29.3 Å². The lowest BCUT2D eigenvalue weighted by Gasteiger charge is -2.16. The molecular weight excluding hydrogens is 245 g/mol. The van der Waals surface area contributed by atoms with Crippen LogP contribution in [0.3, 0.4) is 0 Å². The maximum absolute atomic E-state index is 5.93. The molecular formula is C12H15Cl2NO. The molecule has 16 heavy (non-hydrogen) atoms. The number of hydrogen-bond donors (Lipinski definition) is 1. The number of benzene rings is 1.